The van der Waals surface area contributed by atoms with E-state index in [0.717, 1.165) is 23.1 Å². The molecule has 3 nitrogen and oxygen atoms in total. The minimum Gasteiger partial charge on any atom is -0.481 e. The largest absolute Gasteiger partial charge is 0.481 e. The molecule has 0 spiro atoms. The lowest BCUT2D eigenvalue weighted by Crippen LogP contribution is -2.32. The normalized spacial score (nSPS) is 27.8. The number of aryl methyl sites for hydroxylation is 1. The van der Waals surface area contributed by atoms with E-state index in [2.05, 4.69) is 0 Å². The highest BCUT2D eigenvalue weighted by Gasteiger charge is 2.44. The fourth-order valence-corrected chi connectivity index (χ4v) is 2.62. The average Bonchev–Trinajstić information content (AvgIpc) is 2.41. The number of fused-ring (bicyclic) bond motifs is 1. The van der Waals surface area contributed by atoms with Crippen molar-refractivity contribution in [1.29, 1.82) is 0 Å². The van der Waals surface area contributed by atoms with Gasteiger partial charge in [-0.05, 0) is 36.0 Å². The summed E-state index contributed by atoms with van der Waals surface area (Å²) in [5.41, 5.74) is 1.83. The summed E-state index contributed by atoms with van der Waals surface area (Å²) in [4.78, 5) is 10.8. The molecule has 0 saturated carbocycles. The van der Waals surface area contributed by atoms with Crippen LogP contribution in [-0.2, 0) is 16.8 Å². The van der Waals surface area contributed by atoms with Crippen LogP contribution in [-0.4, -0.2) is 16.2 Å². The van der Waals surface area contributed by atoms with E-state index in [0.29, 0.717) is 0 Å². The summed E-state index contributed by atoms with van der Waals surface area (Å²) in [6.45, 7) is 3.90. The van der Waals surface area contributed by atoms with Crippen molar-refractivity contribution < 1.29 is 15.0 Å². The Kier molecular flexibility index (Phi) is 2.50. The summed E-state index contributed by atoms with van der Waals surface area (Å²) in [6.07, 6.45) is 0.538. The molecular formula is C13H16O3. The van der Waals surface area contributed by atoms with Crippen LogP contribution in [0.15, 0.2) is 18.2 Å². The lowest BCUT2D eigenvalue weighted by atomic mass is 9.85. The Morgan fingerprint density at radius 2 is 2.25 bits per heavy atom. The molecule has 1 aliphatic rings. The van der Waals surface area contributed by atoms with Crippen LogP contribution in [0.25, 0.3) is 0 Å². The molecule has 2 rings (SSSR count). The molecule has 0 bridgehead atoms. The predicted octanol–water partition coefficient (Wildman–Crippen LogP) is 1.85. The van der Waals surface area contributed by atoms with Gasteiger partial charge in [-0.3, -0.25) is 4.79 Å². The number of carbonyl (C=O) groups is 1. The van der Waals surface area contributed by atoms with Gasteiger partial charge in [0.15, 0.2) is 0 Å². The SMILES string of the molecule is Cc1cccc2c1CC(C)C2(O)CC(=O)O. The number of aliphatic hydroxyl groups is 1. The van der Waals surface area contributed by atoms with E-state index in [4.69, 9.17) is 5.11 Å². The number of benzene rings is 1. The molecular weight excluding hydrogens is 204 g/mol. The summed E-state index contributed by atoms with van der Waals surface area (Å²) >= 11 is 0. The lowest BCUT2D eigenvalue weighted by Gasteiger charge is -2.27. The molecule has 0 aromatic heterocycles. The molecule has 86 valence electrons. The van der Waals surface area contributed by atoms with Crippen molar-refractivity contribution in [3.8, 4) is 0 Å². The second-order valence-electron chi connectivity index (χ2n) is 4.70. The summed E-state index contributed by atoms with van der Waals surface area (Å²) in [5.74, 6) is -0.997. The molecule has 16 heavy (non-hydrogen) atoms. The Hall–Kier alpha value is -1.35. The first-order chi connectivity index (χ1) is 7.45. The Morgan fingerprint density at radius 1 is 1.56 bits per heavy atom. The van der Waals surface area contributed by atoms with Gasteiger partial charge in [0, 0.05) is 0 Å². The van der Waals surface area contributed by atoms with E-state index in [1.165, 1.54) is 0 Å². The Morgan fingerprint density at radius 3 is 2.88 bits per heavy atom. The molecule has 0 aliphatic heterocycles. The number of rotatable bonds is 2. The maximum Gasteiger partial charge on any atom is 0.306 e. The van der Waals surface area contributed by atoms with Crippen LogP contribution in [0.3, 0.4) is 0 Å². The minimum atomic E-state index is -1.20. The molecule has 2 unspecified atom stereocenters. The van der Waals surface area contributed by atoms with Crippen LogP contribution < -0.4 is 0 Å². The van der Waals surface area contributed by atoms with Crippen LogP contribution in [0.4, 0.5) is 0 Å². The van der Waals surface area contributed by atoms with E-state index in [-0.39, 0.29) is 12.3 Å². The van der Waals surface area contributed by atoms with Gasteiger partial charge in [0.1, 0.15) is 5.60 Å². The fraction of sp³-hybridized carbons (Fsp3) is 0.462. The maximum atomic E-state index is 10.8. The smallest absolute Gasteiger partial charge is 0.306 e. The van der Waals surface area contributed by atoms with Crippen LogP contribution >= 0.6 is 0 Å². The molecule has 2 N–H and O–H groups in total. The molecule has 1 aromatic carbocycles. The van der Waals surface area contributed by atoms with Gasteiger partial charge in [-0.25, -0.2) is 0 Å². The van der Waals surface area contributed by atoms with Gasteiger partial charge in [-0.15, -0.1) is 0 Å². The first-order valence-electron chi connectivity index (χ1n) is 5.48. The Balaban J connectivity index is 2.51. The standard InChI is InChI=1S/C13H16O3/c1-8-4-3-5-11-10(8)6-9(2)13(11,16)7-12(14)15/h3-5,9,16H,6-7H2,1-2H3,(H,14,15). The highest BCUT2D eigenvalue weighted by molar-refractivity contribution is 5.69. The van der Waals surface area contributed by atoms with Gasteiger partial charge in [-0.1, -0.05) is 25.1 Å². The quantitative estimate of drug-likeness (QED) is 0.799. The van der Waals surface area contributed by atoms with Crippen molar-refractivity contribution >= 4 is 5.97 Å². The number of carboxylic acids is 1. The van der Waals surface area contributed by atoms with Crippen LogP contribution in [0.2, 0.25) is 0 Å². The lowest BCUT2D eigenvalue weighted by molar-refractivity contribution is -0.144. The van der Waals surface area contributed by atoms with E-state index in [1.54, 1.807) is 0 Å². The first-order valence-corrected chi connectivity index (χ1v) is 5.48. The Labute approximate surface area is 94.7 Å². The highest BCUT2D eigenvalue weighted by Crippen LogP contribution is 2.44. The van der Waals surface area contributed by atoms with E-state index in [1.807, 2.05) is 32.0 Å². The number of hydrogen-bond acceptors (Lipinski definition) is 2. The monoisotopic (exact) mass is 220 g/mol. The van der Waals surface area contributed by atoms with Crippen molar-refractivity contribution in [3.05, 3.63) is 34.9 Å². The summed E-state index contributed by atoms with van der Waals surface area (Å²) in [6, 6.07) is 5.71. The van der Waals surface area contributed by atoms with Crippen molar-refractivity contribution in [1.82, 2.24) is 0 Å². The van der Waals surface area contributed by atoms with Gasteiger partial charge in [0.05, 0.1) is 6.42 Å². The average molecular weight is 220 g/mol. The topological polar surface area (TPSA) is 57.5 Å². The van der Waals surface area contributed by atoms with Crippen molar-refractivity contribution in [2.75, 3.05) is 0 Å². The van der Waals surface area contributed by atoms with E-state index in [9.17, 15) is 9.90 Å². The second-order valence-corrected chi connectivity index (χ2v) is 4.70. The zero-order chi connectivity index (χ0) is 11.9. The Bertz CT molecular complexity index is 439. The molecule has 1 aliphatic carbocycles. The number of hydrogen-bond donors (Lipinski definition) is 2. The van der Waals surface area contributed by atoms with Gasteiger partial charge in [0.2, 0.25) is 0 Å². The third-order valence-electron chi connectivity index (χ3n) is 3.62. The maximum absolute atomic E-state index is 10.8. The second kappa shape index (κ2) is 3.59. The van der Waals surface area contributed by atoms with Gasteiger partial charge < -0.3 is 10.2 Å². The number of carboxylic acid groups (broad SMARTS) is 1. The molecule has 0 radical (unpaired) electrons. The predicted molar refractivity (Wildman–Crippen MR) is 60.2 cm³/mol. The van der Waals surface area contributed by atoms with Crippen LogP contribution in [0.1, 0.15) is 30.0 Å². The van der Waals surface area contributed by atoms with Gasteiger partial charge in [-0.2, -0.15) is 0 Å². The van der Waals surface area contributed by atoms with Crippen LogP contribution in [0, 0.1) is 12.8 Å². The third kappa shape index (κ3) is 1.52. The number of aliphatic carboxylic acids is 1. The molecule has 0 fully saturated rings. The highest BCUT2D eigenvalue weighted by atomic mass is 16.4. The van der Waals surface area contributed by atoms with Crippen LogP contribution in [0.5, 0.6) is 0 Å². The fourth-order valence-electron chi connectivity index (χ4n) is 2.62. The third-order valence-corrected chi connectivity index (χ3v) is 3.62. The van der Waals surface area contributed by atoms with Crippen molar-refractivity contribution in [2.45, 2.75) is 32.3 Å². The minimum absolute atomic E-state index is 0.0419. The molecule has 0 heterocycles. The van der Waals surface area contributed by atoms with E-state index >= 15 is 0 Å². The van der Waals surface area contributed by atoms with Gasteiger partial charge in [0.25, 0.3) is 0 Å². The zero-order valence-electron chi connectivity index (χ0n) is 9.53. The van der Waals surface area contributed by atoms with Crippen molar-refractivity contribution in [3.63, 3.8) is 0 Å². The molecule has 2 atom stereocenters. The zero-order valence-corrected chi connectivity index (χ0v) is 9.53. The summed E-state index contributed by atoms with van der Waals surface area (Å²) in [7, 11) is 0. The molecule has 1 aromatic rings. The van der Waals surface area contributed by atoms with Crippen molar-refractivity contribution in [2.24, 2.45) is 5.92 Å². The summed E-state index contributed by atoms with van der Waals surface area (Å²) < 4.78 is 0. The van der Waals surface area contributed by atoms with E-state index < -0.39 is 11.6 Å². The van der Waals surface area contributed by atoms with Gasteiger partial charge >= 0.3 is 5.97 Å². The first kappa shape index (κ1) is 11.1. The molecule has 0 saturated heterocycles. The molecule has 3 heteroatoms. The molecule has 0 amide bonds. The summed E-state index contributed by atoms with van der Waals surface area (Å²) in [5, 5.41) is 19.4.